The minimum Gasteiger partial charge on any atom is -0.315 e. The molecular formula is C15H20N4O. The first-order chi connectivity index (χ1) is 9.58. The van der Waals surface area contributed by atoms with E-state index in [1.165, 1.54) is 5.56 Å². The molecule has 0 aliphatic heterocycles. The van der Waals surface area contributed by atoms with E-state index in [4.69, 9.17) is 0 Å². The highest BCUT2D eigenvalue weighted by atomic mass is 16.2. The summed E-state index contributed by atoms with van der Waals surface area (Å²) in [7, 11) is 1.81. The molecule has 1 aromatic heterocycles. The molecule has 0 atom stereocenters. The molecule has 0 bridgehead atoms. The third kappa shape index (κ3) is 3.44. The van der Waals surface area contributed by atoms with Gasteiger partial charge >= 0.3 is 0 Å². The van der Waals surface area contributed by atoms with Gasteiger partial charge in [0.05, 0.1) is 12.7 Å². The van der Waals surface area contributed by atoms with E-state index in [2.05, 4.69) is 36.3 Å². The number of hydrogen-bond acceptors (Lipinski definition) is 3. The van der Waals surface area contributed by atoms with Crippen LogP contribution in [0.3, 0.4) is 0 Å². The minimum atomic E-state index is 0.0707. The van der Waals surface area contributed by atoms with Crippen LogP contribution in [-0.4, -0.2) is 27.9 Å². The molecule has 0 saturated carbocycles. The van der Waals surface area contributed by atoms with Crippen molar-refractivity contribution in [3.05, 3.63) is 42.2 Å². The lowest BCUT2D eigenvalue weighted by molar-refractivity contribution is -0.118. The van der Waals surface area contributed by atoms with Gasteiger partial charge in [0, 0.05) is 25.4 Å². The van der Waals surface area contributed by atoms with E-state index in [0.29, 0.717) is 18.9 Å². The summed E-state index contributed by atoms with van der Waals surface area (Å²) in [5.41, 5.74) is 2.17. The third-order valence-corrected chi connectivity index (χ3v) is 3.32. The van der Waals surface area contributed by atoms with E-state index in [9.17, 15) is 4.79 Å². The number of amides is 1. The summed E-state index contributed by atoms with van der Waals surface area (Å²) < 4.78 is 1.66. The fourth-order valence-electron chi connectivity index (χ4n) is 1.97. The third-order valence-electron chi connectivity index (χ3n) is 3.32. The highest BCUT2D eigenvalue weighted by molar-refractivity contribution is 5.92. The van der Waals surface area contributed by atoms with Crippen molar-refractivity contribution in [2.75, 3.05) is 11.9 Å². The first kappa shape index (κ1) is 14.2. The van der Waals surface area contributed by atoms with Crippen LogP contribution in [0.2, 0.25) is 0 Å². The normalized spacial score (nSPS) is 10.8. The van der Waals surface area contributed by atoms with E-state index in [1.807, 2.05) is 19.2 Å². The molecule has 0 aliphatic rings. The SMILES string of the molecule is CC(C)c1cccc(N(C)C(=O)CCn2ccnn2)c1. The summed E-state index contributed by atoms with van der Waals surface area (Å²) in [6, 6.07) is 8.10. The maximum absolute atomic E-state index is 12.2. The van der Waals surface area contributed by atoms with Crippen LogP contribution in [0.1, 0.15) is 31.7 Å². The summed E-state index contributed by atoms with van der Waals surface area (Å²) >= 11 is 0. The zero-order valence-corrected chi connectivity index (χ0v) is 12.2. The molecule has 5 heteroatoms. The van der Waals surface area contributed by atoms with Gasteiger partial charge in [0.25, 0.3) is 0 Å². The van der Waals surface area contributed by atoms with Crippen molar-refractivity contribution >= 4 is 11.6 Å². The van der Waals surface area contributed by atoms with E-state index in [1.54, 1.807) is 22.0 Å². The van der Waals surface area contributed by atoms with Crippen molar-refractivity contribution in [2.45, 2.75) is 32.7 Å². The van der Waals surface area contributed by atoms with Crippen LogP contribution in [0.15, 0.2) is 36.7 Å². The van der Waals surface area contributed by atoms with Gasteiger partial charge < -0.3 is 4.90 Å². The number of aryl methyl sites for hydroxylation is 1. The molecule has 20 heavy (non-hydrogen) atoms. The molecule has 0 fully saturated rings. The lowest BCUT2D eigenvalue weighted by atomic mass is 10.0. The van der Waals surface area contributed by atoms with Crippen molar-refractivity contribution in [2.24, 2.45) is 0 Å². The molecule has 2 rings (SSSR count). The number of carbonyl (C=O) groups excluding carboxylic acids is 1. The van der Waals surface area contributed by atoms with E-state index in [0.717, 1.165) is 5.69 Å². The van der Waals surface area contributed by atoms with Crippen molar-refractivity contribution in [3.63, 3.8) is 0 Å². The molecule has 0 N–H and O–H groups in total. The van der Waals surface area contributed by atoms with Crippen LogP contribution in [0.4, 0.5) is 5.69 Å². The second-order valence-corrected chi connectivity index (χ2v) is 5.12. The highest BCUT2D eigenvalue weighted by Gasteiger charge is 2.12. The molecule has 0 saturated heterocycles. The van der Waals surface area contributed by atoms with Crippen LogP contribution in [0, 0.1) is 0 Å². The Morgan fingerprint density at radius 3 is 2.85 bits per heavy atom. The van der Waals surface area contributed by atoms with Gasteiger partial charge in [0.1, 0.15) is 0 Å². The Labute approximate surface area is 119 Å². The quantitative estimate of drug-likeness (QED) is 0.840. The zero-order chi connectivity index (χ0) is 14.5. The molecule has 106 valence electrons. The summed E-state index contributed by atoms with van der Waals surface area (Å²) in [5, 5.41) is 7.58. The predicted octanol–water partition coefficient (Wildman–Crippen LogP) is 2.45. The van der Waals surface area contributed by atoms with Gasteiger partial charge in [-0.2, -0.15) is 0 Å². The van der Waals surface area contributed by atoms with Gasteiger partial charge in [0.2, 0.25) is 5.91 Å². The summed E-state index contributed by atoms with van der Waals surface area (Å²) in [4.78, 5) is 13.9. The molecule has 1 aromatic carbocycles. The molecule has 1 heterocycles. The van der Waals surface area contributed by atoms with Crippen LogP contribution >= 0.6 is 0 Å². The van der Waals surface area contributed by atoms with Crippen LogP contribution < -0.4 is 4.90 Å². The molecule has 1 amide bonds. The fraction of sp³-hybridized carbons (Fsp3) is 0.400. The average Bonchev–Trinajstić information content (AvgIpc) is 2.97. The topological polar surface area (TPSA) is 51.0 Å². The van der Waals surface area contributed by atoms with Gasteiger partial charge in [-0.3, -0.25) is 9.48 Å². The lowest BCUT2D eigenvalue weighted by Gasteiger charge is -2.19. The summed E-state index contributed by atoms with van der Waals surface area (Å²) in [5.74, 6) is 0.523. The van der Waals surface area contributed by atoms with Crippen LogP contribution in [0.25, 0.3) is 0 Å². The first-order valence-corrected chi connectivity index (χ1v) is 6.78. The number of anilines is 1. The first-order valence-electron chi connectivity index (χ1n) is 6.78. The van der Waals surface area contributed by atoms with E-state index < -0.39 is 0 Å². The van der Waals surface area contributed by atoms with Gasteiger partial charge in [-0.05, 0) is 23.6 Å². The second-order valence-electron chi connectivity index (χ2n) is 5.12. The maximum Gasteiger partial charge on any atom is 0.228 e. The van der Waals surface area contributed by atoms with E-state index in [-0.39, 0.29) is 5.91 Å². The largest absolute Gasteiger partial charge is 0.315 e. The Balaban J connectivity index is 2.00. The minimum absolute atomic E-state index is 0.0707. The Kier molecular flexibility index (Phi) is 4.50. The molecule has 0 radical (unpaired) electrons. The molecule has 0 spiro atoms. The Hall–Kier alpha value is -2.17. The van der Waals surface area contributed by atoms with Crippen molar-refractivity contribution in [1.82, 2.24) is 15.0 Å². The molecule has 2 aromatic rings. The van der Waals surface area contributed by atoms with Gasteiger partial charge in [-0.25, -0.2) is 0 Å². The van der Waals surface area contributed by atoms with Crippen LogP contribution in [-0.2, 0) is 11.3 Å². The zero-order valence-electron chi connectivity index (χ0n) is 12.2. The summed E-state index contributed by atoms with van der Waals surface area (Å²) in [6.45, 7) is 4.84. The number of carbonyl (C=O) groups is 1. The molecule has 5 nitrogen and oxygen atoms in total. The number of aromatic nitrogens is 3. The fourth-order valence-corrected chi connectivity index (χ4v) is 1.97. The van der Waals surface area contributed by atoms with E-state index >= 15 is 0 Å². The molecule has 0 aliphatic carbocycles. The Morgan fingerprint density at radius 1 is 1.40 bits per heavy atom. The molecule has 0 unspecified atom stereocenters. The standard InChI is InChI=1S/C15H20N4O/c1-12(2)13-5-4-6-14(11-13)18(3)15(20)7-9-19-10-8-16-17-19/h4-6,8,10-12H,7,9H2,1-3H3. The van der Waals surface area contributed by atoms with Gasteiger partial charge in [-0.1, -0.05) is 31.2 Å². The van der Waals surface area contributed by atoms with Crippen molar-refractivity contribution in [1.29, 1.82) is 0 Å². The Morgan fingerprint density at radius 2 is 2.20 bits per heavy atom. The van der Waals surface area contributed by atoms with Gasteiger partial charge in [0.15, 0.2) is 0 Å². The lowest BCUT2D eigenvalue weighted by Crippen LogP contribution is -2.27. The second kappa shape index (κ2) is 6.32. The Bertz CT molecular complexity index is 563. The smallest absolute Gasteiger partial charge is 0.228 e. The number of nitrogens with zero attached hydrogens (tertiary/aromatic N) is 4. The monoisotopic (exact) mass is 272 g/mol. The van der Waals surface area contributed by atoms with Gasteiger partial charge in [-0.15, -0.1) is 5.10 Å². The number of rotatable bonds is 5. The number of hydrogen-bond donors (Lipinski definition) is 0. The van der Waals surface area contributed by atoms with Crippen LogP contribution in [0.5, 0.6) is 0 Å². The van der Waals surface area contributed by atoms with Crippen molar-refractivity contribution in [3.8, 4) is 0 Å². The number of benzene rings is 1. The maximum atomic E-state index is 12.2. The highest BCUT2D eigenvalue weighted by Crippen LogP contribution is 2.21. The molecular weight excluding hydrogens is 252 g/mol. The predicted molar refractivity (Wildman–Crippen MR) is 78.6 cm³/mol. The van der Waals surface area contributed by atoms with Crippen molar-refractivity contribution < 1.29 is 4.79 Å². The average molecular weight is 272 g/mol. The summed E-state index contributed by atoms with van der Waals surface area (Å²) in [6.07, 6.45) is 3.78.